The van der Waals surface area contributed by atoms with E-state index in [2.05, 4.69) is 118 Å². The molecule has 0 amide bonds. The zero-order valence-electron chi connectivity index (χ0n) is 41.4. The van der Waals surface area contributed by atoms with Gasteiger partial charge in [0, 0.05) is 19.3 Å². The Labute approximate surface area is 398 Å². The summed E-state index contributed by atoms with van der Waals surface area (Å²) in [6.45, 7) is 6.31. The summed E-state index contributed by atoms with van der Waals surface area (Å²) < 4.78 is 16.7. The van der Waals surface area contributed by atoms with Crippen molar-refractivity contribution in [2.24, 2.45) is 0 Å². The standard InChI is InChI=1S/C59H92O6/c1-4-7-10-13-16-19-22-25-27-29-31-32-34-37-40-43-46-49-52-58(61)64-55-56(54-63-57(60)51-48-45-42-39-36-24-21-18-15-12-9-6-3)65-59(62)53-50-47-44-41-38-35-33-30-28-26-23-20-17-14-11-8-5-2/h8,10-11,13,16-22,25-29,31-33,35,41,44,56H,4-7,9,12,14-15,23-24,30,34,36-40,42-43,45-55H2,1-3H3/b11-8-,13-10-,19-16-,20-17-,21-18-,25-22-,28-26-,29-27-,32-31-,35-33-,44-41-. The van der Waals surface area contributed by atoms with Crippen molar-refractivity contribution in [1.29, 1.82) is 0 Å². The van der Waals surface area contributed by atoms with E-state index in [0.29, 0.717) is 19.3 Å². The second-order valence-corrected chi connectivity index (χ2v) is 16.5. The molecule has 0 saturated heterocycles. The smallest absolute Gasteiger partial charge is 0.306 e. The van der Waals surface area contributed by atoms with E-state index in [1.54, 1.807) is 0 Å². The Hall–Kier alpha value is -4.45. The minimum absolute atomic E-state index is 0.119. The Morgan fingerprint density at radius 3 is 1.20 bits per heavy atom. The molecule has 0 aliphatic rings. The van der Waals surface area contributed by atoms with E-state index in [9.17, 15) is 14.4 Å². The van der Waals surface area contributed by atoms with E-state index in [1.807, 2.05) is 36.5 Å². The number of esters is 3. The van der Waals surface area contributed by atoms with E-state index < -0.39 is 6.10 Å². The second-order valence-electron chi connectivity index (χ2n) is 16.5. The summed E-state index contributed by atoms with van der Waals surface area (Å²) in [5, 5.41) is 0. The fourth-order valence-electron chi connectivity index (χ4n) is 6.38. The van der Waals surface area contributed by atoms with Crippen LogP contribution in [-0.4, -0.2) is 37.2 Å². The van der Waals surface area contributed by atoms with Crippen molar-refractivity contribution in [2.45, 2.75) is 207 Å². The first-order valence-electron chi connectivity index (χ1n) is 25.8. The van der Waals surface area contributed by atoms with Crippen molar-refractivity contribution in [3.8, 4) is 0 Å². The van der Waals surface area contributed by atoms with Crippen LogP contribution < -0.4 is 0 Å². The maximum absolute atomic E-state index is 12.8. The van der Waals surface area contributed by atoms with Crippen molar-refractivity contribution in [3.63, 3.8) is 0 Å². The van der Waals surface area contributed by atoms with Gasteiger partial charge >= 0.3 is 17.9 Å². The Morgan fingerprint density at radius 1 is 0.338 bits per heavy atom. The number of carbonyl (C=O) groups excluding carboxylic acids is 3. The minimum Gasteiger partial charge on any atom is -0.462 e. The fourth-order valence-corrected chi connectivity index (χ4v) is 6.38. The predicted octanol–water partition coefficient (Wildman–Crippen LogP) is 17.1. The summed E-state index contributed by atoms with van der Waals surface area (Å²) in [6, 6.07) is 0. The molecule has 1 unspecified atom stereocenters. The third kappa shape index (κ3) is 50.4. The molecule has 0 saturated carbocycles. The fraction of sp³-hybridized carbons (Fsp3) is 0.576. The highest BCUT2D eigenvalue weighted by molar-refractivity contribution is 5.71. The highest BCUT2D eigenvalue weighted by Gasteiger charge is 2.19. The maximum atomic E-state index is 12.8. The van der Waals surface area contributed by atoms with Gasteiger partial charge in [-0.05, 0) is 103 Å². The van der Waals surface area contributed by atoms with Crippen LogP contribution in [0.3, 0.4) is 0 Å². The third-order valence-electron chi connectivity index (χ3n) is 10.2. The molecule has 0 aliphatic carbocycles. The van der Waals surface area contributed by atoms with Crippen molar-refractivity contribution in [2.75, 3.05) is 13.2 Å². The van der Waals surface area contributed by atoms with Gasteiger partial charge in [-0.1, -0.05) is 212 Å². The average molecular weight is 897 g/mol. The quantitative estimate of drug-likeness (QED) is 0.0199. The van der Waals surface area contributed by atoms with Gasteiger partial charge in [0.25, 0.3) is 0 Å². The van der Waals surface area contributed by atoms with Crippen molar-refractivity contribution < 1.29 is 28.6 Å². The van der Waals surface area contributed by atoms with Crippen LogP contribution in [-0.2, 0) is 28.6 Å². The summed E-state index contributed by atoms with van der Waals surface area (Å²) >= 11 is 0. The van der Waals surface area contributed by atoms with Crippen LogP contribution in [0.2, 0.25) is 0 Å². The molecular formula is C59H92O6. The average Bonchev–Trinajstić information content (AvgIpc) is 3.30. The van der Waals surface area contributed by atoms with Crippen LogP contribution in [0.1, 0.15) is 201 Å². The summed E-state index contributed by atoms with van der Waals surface area (Å²) in [7, 11) is 0. The molecule has 0 spiro atoms. The normalized spacial score (nSPS) is 13.2. The molecule has 0 aromatic carbocycles. The van der Waals surface area contributed by atoms with Gasteiger partial charge in [-0.3, -0.25) is 14.4 Å². The van der Waals surface area contributed by atoms with Crippen LogP contribution in [0.15, 0.2) is 134 Å². The van der Waals surface area contributed by atoms with Crippen molar-refractivity contribution >= 4 is 17.9 Å². The molecule has 0 bridgehead atoms. The summed E-state index contributed by atoms with van der Waals surface area (Å²) in [5.74, 6) is -1.02. The highest BCUT2D eigenvalue weighted by Crippen LogP contribution is 2.12. The number of carbonyl (C=O) groups is 3. The summed E-state index contributed by atoms with van der Waals surface area (Å²) in [5.41, 5.74) is 0. The van der Waals surface area contributed by atoms with E-state index in [0.717, 1.165) is 116 Å². The van der Waals surface area contributed by atoms with E-state index >= 15 is 0 Å². The lowest BCUT2D eigenvalue weighted by molar-refractivity contribution is -0.167. The molecule has 0 rings (SSSR count). The molecule has 0 aliphatic heterocycles. The molecule has 65 heavy (non-hydrogen) atoms. The van der Waals surface area contributed by atoms with E-state index in [1.165, 1.54) is 38.5 Å². The monoisotopic (exact) mass is 897 g/mol. The highest BCUT2D eigenvalue weighted by atomic mass is 16.6. The first-order valence-corrected chi connectivity index (χ1v) is 25.8. The molecule has 0 aromatic rings. The molecule has 364 valence electrons. The topological polar surface area (TPSA) is 78.9 Å². The van der Waals surface area contributed by atoms with Crippen LogP contribution in [0, 0.1) is 0 Å². The molecule has 0 N–H and O–H groups in total. The Bertz CT molecular complexity index is 1450. The number of ether oxygens (including phenoxy) is 3. The van der Waals surface area contributed by atoms with Crippen LogP contribution in [0.5, 0.6) is 0 Å². The van der Waals surface area contributed by atoms with Gasteiger partial charge in [0.2, 0.25) is 0 Å². The first kappa shape index (κ1) is 60.6. The number of unbranched alkanes of at least 4 members (excludes halogenated alkanes) is 15. The van der Waals surface area contributed by atoms with Gasteiger partial charge < -0.3 is 14.2 Å². The summed E-state index contributed by atoms with van der Waals surface area (Å²) in [6.07, 6.45) is 72.9. The van der Waals surface area contributed by atoms with Gasteiger partial charge in [0.15, 0.2) is 6.10 Å². The van der Waals surface area contributed by atoms with Gasteiger partial charge in [-0.15, -0.1) is 0 Å². The van der Waals surface area contributed by atoms with Gasteiger partial charge in [0.1, 0.15) is 13.2 Å². The van der Waals surface area contributed by atoms with Crippen LogP contribution in [0.4, 0.5) is 0 Å². The lowest BCUT2D eigenvalue weighted by atomic mass is 10.1. The molecule has 1 atom stereocenters. The number of rotatable bonds is 44. The van der Waals surface area contributed by atoms with Crippen LogP contribution in [0.25, 0.3) is 0 Å². The van der Waals surface area contributed by atoms with Crippen molar-refractivity contribution in [1.82, 2.24) is 0 Å². The second kappa shape index (κ2) is 52.2. The van der Waals surface area contributed by atoms with Gasteiger partial charge in [-0.25, -0.2) is 0 Å². The summed E-state index contributed by atoms with van der Waals surface area (Å²) in [4.78, 5) is 38.0. The molecule has 0 fully saturated rings. The van der Waals surface area contributed by atoms with Crippen molar-refractivity contribution in [3.05, 3.63) is 134 Å². The lowest BCUT2D eigenvalue weighted by Gasteiger charge is -2.18. The Morgan fingerprint density at radius 2 is 0.708 bits per heavy atom. The SMILES string of the molecule is CC/C=C\C/C=C\C/C=C\C/C=C\C/C=C\CCCC(=O)OC(COC(=O)CCCCCCC\C=C/C=C\C=C/C=C\C=C/CCC)COC(=O)CCCCCCC/C=C\CCCCC. The Balaban J connectivity index is 4.57. The van der Waals surface area contributed by atoms with Crippen LogP contribution >= 0.6 is 0 Å². The van der Waals surface area contributed by atoms with Gasteiger partial charge in [-0.2, -0.15) is 0 Å². The molecular weight excluding hydrogens is 805 g/mol. The van der Waals surface area contributed by atoms with Gasteiger partial charge in [0.05, 0.1) is 0 Å². The maximum Gasteiger partial charge on any atom is 0.306 e. The minimum atomic E-state index is -0.826. The largest absolute Gasteiger partial charge is 0.462 e. The predicted molar refractivity (Wildman–Crippen MR) is 279 cm³/mol. The first-order chi connectivity index (χ1) is 32.0. The zero-order chi connectivity index (χ0) is 47.2. The van der Waals surface area contributed by atoms with E-state index in [4.69, 9.17) is 14.2 Å². The number of hydrogen-bond acceptors (Lipinski definition) is 6. The number of allylic oxidation sites excluding steroid dienone is 22. The number of hydrogen-bond donors (Lipinski definition) is 0. The third-order valence-corrected chi connectivity index (χ3v) is 10.2. The molecule has 0 radical (unpaired) electrons. The Kier molecular flexibility index (Phi) is 48.6. The molecule has 6 nitrogen and oxygen atoms in total. The zero-order valence-corrected chi connectivity index (χ0v) is 41.4. The van der Waals surface area contributed by atoms with E-state index in [-0.39, 0.29) is 37.5 Å². The molecule has 0 heterocycles. The lowest BCUT2D eigenvalue weighted by Crippen LogP contribution is -2.30. The molecule has 6 heteroatoms. The molecule has 0 aromatic heterocycles.